The Morgan fingerprint density at radius 1 is 0.864 bits per heavy atom. The lowest BCUT2D eigenvalue weighted by molar-refractivity contribution is 0.314. The molecule has 0 atom stereocenters. The molecule has 0 heterocycles. The standard InChI is InChI=1S/C20H27NO/c1-20(2,3)18-9-11-19(12-10-18)22-16-15-21-14-13-17-7-5-4-6-8-17/h4-12,21H,13-16H2,1-3H3. The summed E-state index contributed by atoms with van der Waals surface area (Å²) in [6.45, 7) is 9.21. The van der Waals surface area contributed by atoms with Gasteiger partial charge in [-0.15, -0.1) is 0 Å². The monoisotopic (exact) mass is 297 g/mol. The molecule has 0 fully saturated rings. The van der Waals surface area contributed by atoms with Gasteiger partial charge in [-0.1, -0.05) is 63.2 Å². The molecule has 0 spiro atoms. The Morgan fingerprint density at radius 3 is 2.18 bits per heavy atom. The summed E-state index contributed by atoms with van der Waals surface area (Å²) in [6.07, 6.45) is 1.06. The maximum atomic E-state index is 5.76. The summed E-state index contributed by atoms with van der Waals surface area (Å²) in [4.78, 5) is 0. The molecular formula is C20H27NO. The molecule has 0 radical (unpaired) electrons. The van der Waals surface area contributed by atoms with Gasteiger partial charge < -0.3 is 10.1 Å². The van der Waals surface area contributed by atoms with Crippen LogP contribution in [0.25, 0.3) is 0 Å². The molecule has 0 saturated carbocycles. The van der Waals surface area contributed by atoms with E-state index in [1.165, 1.54) is 11.1 Å². The number of rotatable bonds is 7. The zero-order valence-electron chi connectivity index (χ0n) is 13.9. The minimum atomic E-state index is 0.192. The highest BCUT2D eigenvalue weighted by Gasteiger charge is 2.12. The van der Waals surface area contributed by atoms with Gasteiger partial charge in [-0.05, 0) is 41.6 Å². The highest BCUT2D eigenvalue weighted by molar-refractivity contribution is 5.31. The van der Waals surface area contributed by atoms with Crippen molar-refractivity contribution in [1.82, 2.24) is 5.32 Å². The quantitative estimate of drug-likeness (QED) is 0.774. The van der Waals surface area contributed by atoms with Crippen LogP contribution in [0, 0.1) is 0 Å². The van der Waals surface area contributed by atoms with Gasteiger partial charge >= 0.3 is 0 Å². The van der Waals surface area contributed by atoms with Crippen LogP contribution in [0.1, 0.15) is 31.9 Å². The molecule has 118 valence electrons. The molecule has 2 nitrogen and oxygen atoms in total. The summed E-state index contributed by atoms with van der Waals surface area (Å²) in [5, 5.41) is 3.41. The predicted molar refractivity (Wildman–Crippen MR) is 93.7 cm³/mol. The van der Waals surface area contributed by atoms with Gasteiger partial charge in [0.2, 0.25) is 0 Å². The van der Waals surface area contributed by atoms with Crippen molar-refractivity contribution in [3.8, 4) is 5.75 Å². The summed E-state index contributed by atoms with van der Waals surface area (Å²) in [7, 11) is 0. The first kappa shape index (κ1) is 16.6. The summed E-state index contributed by atoms with van der Waals surface area (Å²) in [6, 6.07) is 19.0. The lowest BCUT2D eigenvalue weighted by atomic mass is 9.87. The van der Waals surface area contributed by atoms with Crippen LogP contribution in [0.4, 0.5) is 0 Å². The first-order valence-electron chi connectivity index (χ1n) is 8.04. The van der Waals surface area contributed by atoms with Gasteiger partial charge in [0.15, 0.2) is 0 Å². The molecule has 22 heavy (non-hydrogen) atoms. The maximum Gasteiger partial charge on any atom is 0.119 e. The van der Waals surface area contributed by atoms with Crippen molar-refractivity contribution in [3.63, 3.8) is 0 Å². The summed E-state index contributed by atoms with van der Waals surface area (Å²) < 4.78 is 5.76. The van der Waals surface area contributed by atoms with E-state index in [0.29, 0.717) is 6.61 Å². The third kappa shape index (κ3) is 5.53. The van der Waals surface area contributed by atoms with E-state index in [2.05, 4.69) is 80.7 Å². The molecule has 0 aliphatic carbocycles. The van der Waals surface area contributed by atoms with E-state index >= 15 is 0 Å². The highest BCUT2D eigenvalue weighted by Crippen LogP contribution is 2.24. The molecule has 2 rings (SSSR count). The smallest absolute Gasteiger partial charge is 0.119 e. The lowest BCUT2D eigenvalue weighted by Gasteiger charge is -2.19. The topological polar surface area (TPSA) is 21.3 Å². The molecule has 0 aliphatic heterocycles. The van der Waals surface area contributed by atoms with E-state index in [1.54, 1.807) is 0 Å². The fraction of sp³-hybridized carbons (Fsp3) is 0.400. The molecule has 1 N–H and O–H groups in total. The van der Waals surface area contributed by atoms with Crippen molar-refractivity contribution >= 4 is 0 Å². The summed E-state index contributed by atoms with van der Waals surface area (Å²) in [5.41, 5.74) is 2.90. The second kappa shape index (κ2) is 8.00. The van der Waals surface area contributed by atoms with Crippen molar-refractivity contribution in [2.75, 3.05) is 19.7 Å². The fourth-order valence-electron chi connectivity index (χ4n) is 2.29. The zero-order valence-corrected chi connectivity index (χ0v) is 13.9. The van der Waals surface area contributed by atoms with Crippen LogP contribution in [0.15, 0.2) is 54.6 Å². The Bertz CT molecular complexity index is 540. The van der Waals surface area contributed by atoms with Crippen molar-refractivity contribution in [2.24, 2.45) is 0 Å². The van der Waals surface area contributed by atoms with E-state index < -0.39 is 0 Å². The normalized spacial score (nSPS) is 11.4. The van der Waals surface area contributed by atoms with E-state index in [4.69, 9.17) is 4.74 Å². The third-order valence-electron chi connectivity index (χ3n) is 3.70. The zero-order chi connectivity index (χ0) is 15.8. The lowest BCUT2D eigenvalue weighted by Crippen LogP contribution is -2.23. The van der Waals surface area contributed by atoms with Crippen LogP contribution >= 0.6 is 0 Å². The van der Waals surface area contributed by atoms with Gasteiger partial charge in [0.1, 0.15) is 12.4 Å². The Labute approximate surface area is 134 Å². The number of nitrogens with one attached hydrogen (secondary N) is 1. The number of hydrogen-bond donors (Lipinski definition) is 1. The molecule has 0 amide bonds. The Balaban J connectivity index is 1.62. The van der Waals surface area contributed by atoms with Crippen LogP contribution in [0.3, 0.4) is 0 Å². The Kier molecular flexibility index (Phi) is 6.02. The minimum absolute atomic E-state index is 0.192. The fourth-order valence-corrected chi connectivity index (χ4v) is 2.29. The Morgan fingerprint density at radius 2 is 1.55 bits per heavy atom. The van der Waals surface area contributed by atoms with Crippen molar-refractivity contribution in [2.45, 2.75) is 32.6 Å². The van der Waals surface area contributed by atoms with Crippen LogP contribution in [0.2, 0.25) is 0 Å². The van der Waals surface area contributed by atoms with E-state index in [9.17, 15) is 0 Å². The van der Waals surface area contributed by atoms with Crippen LogP contribution < -0.4 is 10.1 Å². The van der Waals surface area contributed by atoms with Gasteiger partial charge in [0.05, 0.1) is 0 Å². The number of ether oxygens (including phenoxy) is 1. The van der Waals surface area contributed by atoms with Gasteiger partial charge in [0, 0.05) is 6.54 Å². The number of hydrogen-bond acceptors (Lipinski definition) is 2. The number of benzene rings is 2. The van der Waals surface area contributed by atoms with E-state index in [-0.39, 0.29) is 5.41 Å². The summed E-state index contributed by atoms with van der Waals surface area (Å²) >= 11 is 0. The predicted octanol–water partition coefficient (Wildman–Crippen LogP) is 4.20. The third-order valence-corrected chi connectivity index (χ3v) is 3.70. The second-order valence-corrected chi connectivity index (χ2v) is 6.61. The van der Waals surface area contributed by atoms with Crippen LogP contribution in [-0.2, 0) is 11.8 Å². The molecule has 2 aromatic rings. The minimum Gasteiger partial charge on any atom is -0.492 e. The summed E-state index contributed by atoms with van der Waals surface area (Å²) in [5.74, 6) is 0.942. The van der Waals surface area contributed by atoms with Gasteiger partial charge in [-0.3, -0.25) is 0 Å². The van der Waals surface area contributed by atoms with E-state index in [0.717, 1.165) is 25.3 Å². The van der Waals surface area contributed by atoms with Crippen LogP contribution in [0.5, 0.6) is 5.75 Å². The van der Waals surface area contributed by atoms with Crippen molar-refractivity contribution in [3.05, 3.63) is 65.7 Å². The molecule has 0 bridgehead atoms. The largest absolute Gasteiger partial charge is 0.492 e. The molecule has 2 aromatic carbocycles. The molecule has 0 aliphatic rings. The highest BCUT2D eigenvalue weighted by atomic mass is 16.5. The van der Waals surface area contributed by atoms with Crippen molar-refractivity contribution in [1.29, 1.82) is 0 Å². The van der Waals surface area contributed by atoms with Gasteiger partial charge in [0.25, 0.3) is 0 Å². The molecule has 0 unspecified atom stereocenters. The van der Waals surface area contributed by atoms with Gasteiger partial charge in [-0.25, -0.2) is 0 Å². The average Bonchev–Trinajstić information content (AvgIpc) is 2.51. The van der Waals surface area contributed by atoms with Gasteiger partial charge in [-0.2, -0.15) is 0 Å². The molecular weight excluding hydrogens is 270 g/mol. The van der Waals surface area contributed by atoms with E-state index in [1.807, 2.05) is 0 Å². The maximum absolute atomic E-state index is 5.76. The molecule has 0 saturated heterocycles. The second-order valence-electron chi connectivity index (χ2n) is 6.61. The first-order chi connectivity index (χ1) is 10.6. The average molecular weight is 297 g/mol. The van der Waals surface area contributed by atoms with Crippen molar-refractivity contribution < 1.29 is 4.74 Å². The first-order valence-corrected chi connectivity index (χ1v) is 8.04. The molecule has 0 aromatic heterocycles. The van der Waals surface area contributed by atoms with Crippen LogP contribution in [-0.4, -0.2) is 19.7 Å². The Hall–Kier alpha value is -1.80. The SMILES string of the molecule is CC(C)(C)c1ccc(OCCNCCc2ccccc2)cc1. The molecule has 2 heteroatoms.